The Hall–Kier alpha value is -3.22. The molecule has 146 valence electrons. The van der Waals surface area contributed by atoms with Crippen LogP contribution in [0.5, 0.6) is 5.75 Å². The Labute approximate surface area is 161 Å². The van der Waals surface area contributed by atoms with Crippen molar-refractivity contribution in [3.8, 4) is 5.75 Å². The normalized spacial score (nSPS) is 11.0. The Morgan fingerprint density at radius 3 is 2.43 bits per heavy atom. The van der Waals surface area contributed by atoms with E-state index in [1.165, 1.54) is 28.9 Å². The molecule has 28 heavy (non-hydrogen) atoms. The number of hydrogen-bond donors (Lipinski definition) is 0. The Morgan fingerprint density at radius 1 is 1.07 bits per heavy atom. The molecular weight excluding hydrogens is 363 g/mol. The zero-order valence-electron chi connectivity index (χ0n) is 15.7. The van der Waals surface area contributed by atoms with Crippen molar-refractivity contribution in [3.63, 3.8) is 0 Å². The van der Waals surface area contributed by atoms with E-state index in [1.807, 2.05) is 13.8 Å². The van der Waals surface area contributed by atoms with Crippen molar-refractivity contribution in [2.24, 2.45) is 0 Å². The first-order chi connectivity index (χ1) is 13.5. The van der Waals surface area contributed by atoms with Crippen molar-refractivity contribution in [3.05, 3.63) is 70.4 Å². The molecule has 3 rings (SSSR count). The minimum Gasteiger partial charge on any atom is -0.493 e. The third-order valence-electron chi connectivity index (χ3n) is 4.12. The van der Waals surface area contributed by atoms with Gasteiger partial charge in [0, 0.05) is 11.8 Å². The van der Waals surface area contributed by atoms with Crippen LogP contribution in [-0.2, 0) is 4.74 Å². The highest BCUT2D eigenvalue weighted by molar-refractivity contribution is 6.02. The van der Waals surface area contributed by atoms with Crippen molar-refractivity contribution in [1.29, 1.82) is 0 Å². The van der Waals surface area contributed by atoms with Gasteiger partial charge in [-0.2, -0.15) is 5.10 Å². The van der Waals surface area contributed by atoms with Crippen LogP contribution in [0.15, 0.2) is 53.3 Å². The largest absolute Gasteiger partial charge is 0.493 e. The molecule has 0 aliphatic heterocycles. The molecule has 0 saturated carbocycles. The van der Waals surface area contributed by atoms with Gasteiger partial charge in [-0.1, -0.05) is 18.2 Å². The molecular formula is C21H21FN2O4. The van der Waals surface area contributed by atoms with Crippen LogP contribution in [0, 0.1) is 5.82 Å². The number of hydrogen-bond acceptors (Lipinski definition) is 5. The number of esters is 1. The molecule has 0 aliphatic rings. The second kappa shape index (κ2) is 8.65. The third kappa shape index (κ3) is 4.36. The van der Waals surface area contributed by atoms with E-state index in [0.717, 1.165) is 0 Å². The van der Waals surface area contributed by atoms with Gasteiger partial charge in [0.05, 0.1) is 24.6 Å². The van der Waals surface area contributed by atoms with Crippen molar-refractivity contribution >= 4 is 16.7 Å². The second-order valence-corrected chi connectivity index (χ2v) is 6.53. The molecule has 1 aromatic heterocycles. The van der Waals surface area contributed by atoms with Crippen LogP contribution in [0.4, 0.5) is 4.39 Å². The standard InChI is InChI=1S/C21H21FN2O4/c1-14(2)24-20(25)18-7-4-3-6-17(18)19(23-24)21(26)28-13-5-12-27-16-10-8-15(22)9-11-16/h3-4,6-11,14H,5,12-13H2,1-2H3. The molecule has 0 bridgehead atoms. The van der Waals surface area contributed by atoms with Crippen molar-refractivity contribution in [1.82, 2.24) is 9.78 Å². The van der Waals surface area contributed by atoms with Gasteiger partial charge in [-0.05, 0) is 44.2 Å². The van der Waals surface area contributed by atoms with Crippen LogP contribution in [0.3, 0.4) is 0 Å². The van der Waals surface area contributed by atoms with Gasteiger partial charge in [-0.3, -0.25) is 4.79 Å². The molecule has 7 heteroatoms. The molecule has 1 heterocycles. The number of halogens is 1. The van der Waals surface area contributed by atoms with Crippen LogP contribution in [0.25, 0.3) is 10.8 Å². The summed E-state index contributed by atoms with van der Waals surface area (Å²) in [6.45, 7) is 4.10. The Balaban J connectivity index is 1.65. The molecule has 6 nitrogen and oxygen atoms in total. The van der Waals surface area contributed by atoms with Gasteiger partial charge in [0.15, 0.2) is 5.69 Å². The molecule has 0 unspecified atom stereocenters. The minimum absolute atomic E-state index is 0.114. The second-order valence-electron chi connectivity index (χ2n) is 6.53. The number of rotatable bonds is 7. The number of aromatic nitrogens is 2. The van der Waals surface area contributed by atoms with Gasteiger partial charge < -0.3 is 9.47 Å². The SMILES string of the molecule is CC(C)n1nc(C(=O)OCCCOc2ccc(F)cc2)c2ccccc2c1=O. The summed E-state index contributed by atoms with van der Waals surface area (Å²) in [4.78, 5) is 25.0. The van der Waals surface area contributed by atoms with Gasteiger partial charge >= 0.3 is 5.97 Å². The molecule has 0 spiro atoms. The molecule has 0 aliphatic carbocycles. The summed E-state index contributed by atoms with van der Waals surface area (Å²) >= 11 is 0. The summed E-state index contributed by atoms with van der Waals surface area (Å²) in [7, 11) is 0. The van der Waals surface area contributed by atoms with Crippen LogP contribution >= 0.6 is 0 Å². The zero-order valence-corrected chi connectivity index (χ0v) is 15.7. The van der Waals surface area contributed by atoms with E-state index in [4.69, 9.17) is 9.47 Å². The maximum absolute atomic E-state index is 12.9. The highest BCUT2D eigenvalue weighted by atomic mass is 19.1. The first-order valence-electron chi connectivity index (χ1n) is 9.04. The van der Waals surface area contributed by atoms with Crippen molar-refractivity contribution < 1.29 is 18.7 Å². The minimum atomic E-state index is -0.590. The number of carbonyl (C=O) groups is 1. The van der Waals surface area contributed by atoms with Crippen LogP contribution in [0.2, 0.25) is 0 Å². The molecule has 0 N–H and O–H groups in total. The number of nitrogens with zero attached hydrogens (tertiary/aromatic N) is 2. The first kappa shape index (κ1) is 19.5. The summed E-state index contributed by atoms with van der Waals surface area (Å²) in [5, 5.41) is 5.12. The van der Waals surface area contributed by atoms with Gasteiger partial charge in [0.1, 0.15) is 11.6 Å². The predicted molar refractivity (Wildman–Crippen MR) is 103 cm³/mol. The molecule has 0 amide bonds. The van der Waals surface area contributed by atoms with Crippen molar-refractivity contribution in [2.45, 2.75) is 26.3 Å². The van der Waals surface area contributed by atoms with E-state index in [9.17, 15) is 14.0 Å². The zero-order chi connectivity index (χ0) is 20.1. The van der Waals surface area contributed by atoms with E-state index in [2.05, 4.69) is 5.10 Å². The molecule has 0 fully saturated rings. The van der Waals surface area contributed by atoms with Gasteiger partial charge in [0.25, 0.3) is 5.56 Å². The highest BCUT2D eigenvalue weighted by Gasteiger charge is 2.18. The number of carbonyl (C=O) groups excluding carboxylic acids is 1. The summed E-state index contributed by atoms with van der Waals surface area (Å²) in [6.07, 6.45) is 0.463. The van der Waals surface area contributed by atoms with E-state index in [-0.39, 0.29) is 29.7 Å². The Kier molecular flexibility index (Phi) is 6.03. The quantitative estimate of drug-likeness (QED) is 0.458. The Bertz CT molecular complexity index is 1030. The fourth-order valence-electron chi connectivity index (χ4n) is 2.72. The van der Waals surface area contributed by atoms with Crippen molar-refractivity contribution in [2.75, 3.05) is 13.2 Å². The summed E-state index contributed by atoms with van der Waals surface area (Å²) in [6, 6.07) is 12.4. The molecule has 0 saturated heterocycles. The van der Waals surface area contributed by atoms with E-state index in [1.54, 1.807) is 24.3 Å². The van der Waals surface area contributed by atoms with E-state index in [0.29, 0.717) is 29.5 Å². The average molecular weight is 384 g/mol. The summed E-state index contributed by atoms with van der Waals surface area (Å²) in [5.74, 6) is -0.375. The topological polar surface area (TPSA) is 70.4 Å². The summed E-state index contributed by atoms with van der Waals surface area (Å²) in [5.41, 5.74) is -0.127. The van der Waals surface area contributed by atoms with E-state index < -0.39 is 5.97 Å². The molecule has 0 radical (unpaired) electrons. The van der Waals surface area contributed by atoms with Gasteiger partial charge in [-0.15, -0.1) is 0 Å². The Morgan fingerprint density at radius 2 is 1.75 bits per heavy atom. The fourth-order valence-corrected chi connectivity index (χ4v) is 2.72. The lowest BCUT2D eigenvalue weighted by Crippen LogP contribution is -2.28. The van der Waals surface area contributed by atoms with Crippen LogP contribution < -0.4 is 10.3 Å². The van der Waals surface area contributed by atoms with Gasteiger partial charge in [-0.25, -0.2) is 13.9 Å². The first-order valence-corrected chi connectivity index (χ1v) is 9.04. The number of benzene rings is 2. The lowest BCUT2D eigenvalue weighted by atomic mass is 10.1. The van der Waals surface area contributed by atoms with Crippen LogP contribution in [-0.4, -0.2) is 29.0 Å². The predicted octanol–water partition coefficient (Wildman–Crippen LogP) is 3.74. The average Bonchev–Trinajstić information content (AvgIpc) is 2.69. The molecule has 2 aromatic carbocycles. The lowest BCUT2D eigenvalue weighted by molar-refractivity contribution is 0.0478. The third-order valence-corrected chi connectivity index (χ3v) is 4.12. The fraction of sp³-hybridized carbons (Fsp3) is 0.286. The summed E-state index contributed by atoms with van der Waals surface area (Å²) < 4.78 is 24.9. The molecule has 3 aromatic rings. The highest BCUT2D eigenvalue weighted by Crippen LogP contribution is 2.16. The molecule has 0 atom stereocenters. The maximum atomic E-state index is 12.9. The van der Waals surface area contributed by atoms with Gasteiger partial charge in [0.2, 0.25) is 0 Å². The van der Waals surface area contributed by atoms with E-state index >= 15 is 0 Å². The number of ether oxygens (including phenoxy) is 2. The smallest absolute Gasteiger partial charge is 0.359 e. The monoisotopic (exact) mass is 384 g/mol. The lowest BCUT2D eigenvalue weighted by Gasteiger charge is -2.13. The maximum Gasteiger partial charge on any atom is 0.359 e. The number of fused-ring (bicyclic) bond motifs is 1. The van der Waals surface area contributed by atoms with Crippen LogP contribution in [0.1, 0.15) is 36.8 Å².